The summed E-state index contributed by atoms with van der Waals surface area (Å²) in [7, 11) is 0. The number of hydrogen-bond donors (Lipinski definition) is 0. The number of nitrogens with zero attached hydrogens (tertiary/aromatic N) is 2. The molecule has 76 valence electrons. The molecule has 14 heavy (non-hydrogen) atoms. The zero-order valence-corrected chi connectivity index (χ0v) is 6.38. The maximum Gasteiger partial charge on any atom is 0.402 e. The topological polar surface area (TPSA) is 56.0 Å². The van der Waals surface area contributed by atoms with Gasteiger partial charge in [0.05, 0.1) is 0 Å². The first kappa shape index (κ1) is 10.4. The summed E-state index contributed by atoms with van der Waals surface area (Å²) < 4.78 is 49.1. The van der Waals surface area contributed by atoms with Gasteiger partial charge < -0.3 is 10.1 Å². The molecular weight excluding hydrogens is 208 g/mol. The number of alkyl halides is 2. The molecule has 0 unspecified atom stereocenters. The molecule has 0 amide bonds. The molecule has 1 aromatic heterocycles. The van der Waals surface area contributed by atoms with E-state index in [9.17, 15) is 27.7 Å². The molecule has 0 radical (unpaired) electrons. The van der Waals surface area contributed by atoms with E-state index in [4.69, 9.17) is 0 Å². The van der Waals surface area contributed by atoms with E-state index in [0.29, 0.717) is 0 Å². The van der Waals surface area contributed by atoms with Crippen LogP contribution in [0.4, 0.5) is 23.4 Å². The summed E-state index contributed by atoms with van der Waals surface area (Å²) in [5.41, 5.74) is -1.30. The summed E-state index contributed by atoms with van der Waals surface area (Å²) in [6.07, 6.45) is -3.27. The van der Waals surface area contributed by atoms with Crippen LogP contribution < -0.4 is 0 Å². The van der Waals surface area contributed by atoms with Gasteiger partial charge in [-0.05, 0) is 16.0 Å². The van der Waals surface area contributed by atoms with Crippen molar-refractivity contribution in [3.05, 3.63) is 33.5 Å². The molecule has 0 aliphatic rings. The lowest BCUT2D eigenvalue weighted by Gasteiger charge is -1.98. The van der Waals surface area contributed by atoms with Gasteiger partial charge in [-0.3, -0.25) is 0 Å². The quantitative estimate of drug-likeness (QED) is 0.325. The van der Waals surface area contributed by atoms with E-state index in [0.717, 1.165) is 0 Å². The van der Waals surface area contributed by atoms with Crippen molar-refractivity contribution in [2.45, 2.75) is 6.43 Å². The largest absolute Gasteiger partial charge is 0.402 e. The maximum atomic E-state index is 12.6. The van der Waals surface area contributed by atoms with Crippen molar-refractivity contribution >= 4 is 5.82 Å². The standard InChI is InChI=1S/C6H2F4N2O2/c7-3-1-2(4(8)9)5(10)11-6(3)12(13)14/h1,4H. The van der Waals surface area contributed by atoms with E-state index >= 15 is 0 Å². The van der Waals surface area contributed by atoms with Crippen molar-refractivity contribution in [2.75, 3.05) is 0 Å². The molecular formula is C6H2F4N2O2. The predicted molar refractivity (Wildman–Crippen MR) is 35.8 cm³/mol. The van der Waals surface area contributed by atoms with Crippen molar-refractivity contribution in [2.24, 2.45) is 0 Å². The molecule has 0 saturated carbocycles. The minimum atomic E-state index is -3.27. The molecule has 0 bridgehead atoms. The van der Waals surface area contributed by atoms with Crippen LogP contribution in [0.5, 0.6) is 0 Å². The molecule has 0 fully saturated rings. The van der Waals surface area contributed by atoms with E-state index in [-0.39, 0.29) is 6.07 Å². The Labute approximate surface area is 74.3 Å². The maximum absolute atomic E-state index is 12.6. The third kappa shape index (κ3) is 1.78. The minimum absolute atomic E-state index is 0.0606. The zero-order valence-electron chi connectivity index (χ0n) is 6.38. The average molecular weight is 210 g/mol. The second-order valence-electron chi connectivity index (χ2n) is 2.23. The molecule has 0 N–H and O–H groups in total. The highest BCUT2D eigenvalue weighted by Crippen LogP contribution is 2.25. The summed E-state index contributed by atoms with van der Waals surface area (Å²) in [5.74, 6) is -4.74. The van der Waals surface area contributed by atoms with Gasteiger partial charge in [0.25, 0.3) is 6.43 Å². The van der Waals surface area contributed by atoms with Gasteiger partial charge in [-0.1, -0.05) is 0 Å². The van der Waals surface area contributed by atoms with E-state index in [1.54, 1.807) is 0 Å². The normalized spacial score (nSPS) is 10.6. The number of aromatic nitrogens is 1. The van der Waals surface area contributed by atoms with Gasteiger partial charge >= 0.3 is 11.8 Å². The van der Waals surface area contributed by atoms with Gasteiger partial charge in [-0.15, -0.1) is 0 Å². The molecule has 4 nitrogen and oxygen atoms in total. The molecule has 0 aliphatic carbocycles. The number of rotatable bonds is 2. The van der Waals surface area contributed by atoms with Gasteiger partial charge in [0, 0.05) is 0 Å². The first-order valence-electron chi connectivity index (χ1n) is 3.22. The third-order valence-electron chi connectivity index (χ3n) is 1.35. The van der Waals surface area contributed by atoms with E-state index in [1.165, 1.54) is 0 Å². The van der Waals surface area contributed by atoms with Crippen LogP contribution in [-0.4, -0.2) is 9.91 Å². The van der Waals surface area contributed by atoms with Crippen molar-refractivity contribution in [1.29, 1.82) is 0 Å². The molecule has 0 spiro atoms. The van der Waals surface area contributed by atoms with Gasteiger partial charge in [0.2, 0.25) is 5.82 Å². The zero-order chi connectivity index (χ0) is 10.9. The highest BCUT2D eigenvalue weighted by atomic mass is 19.3. The van der Waals surface area contributed by atoms with Crippen LogP contribution in [0.3, 0.4) is 0 Å². The Morgan fingerprint density at radius 2 is 2.00 bits per heavy atom. The highest BCUT2D eigenvalue weighted by molar-refractivity contribution is 5.27. The molecule has 1 rings (SSSR count). The van der Waals surface area contributed by atoms with Crippen LogP contribution >= 0.6 is 0 Å². The van der Waals surface area contributed by atoms with Crippen molar-refractivity contribution in [1.82, 2.24) is 4.98 Å². The lowest BCUT2D eigenvalue weighted by molar-refractivity contribution is -0.392. The van der Waals surface area contributed by atoms with E-state index < -0.39 is 34.5 Å². The second kappa shape index (κ2) is 3.56. The van der Waals surface area contributed by atoms with E-state index in [1.807, 2.05) is 0 Å². The Hall–Kier alpha value is -1.73. The Morgan fingerprint density at radius 1 is 1.43 bits per heavy atom. The van der Waals surface area contributed by atoms with Crippen LogP contribution in [0.2, 0.25) is 0 Å². The number of nitro groups is 1. The smallest absolute Gasteiger partial charge is 0.358 e. The summed E-state index contributed by atoms with van der Waals surface area (Å²) in [6.45, 7) is 0. The predicted octanol–water partition coefficient (Wildman–Crippen LogP) is 2.21. The first-order valence-corrected chi connectivity index (χ1v) is 3.22. The lowest BCUT2D eigenvalue weighted by atomic mass is 10.3. The molecule has 0 atom stereocenters. The summed E-state index contributed by atoms with van der Waals surface area (Å²) in [5, 5.41) is 10.0. The average Bonchev–Trinajstić information content (AvgIpc) is 2.07. The second-order valence-corrected chi connectivity index (χ2v) is 2.23. The van der Waals surface area contributed by atoms with Crippen molar-refractivity contribution in [3.8, 4) is 0 Å². The van der Waals surface area contributed by atoms with Crippen LogP contribution in [0.1, 0.15) is 12.0 Å². The molecule has 1 heterocycles. The summed E-state index contributed by atoms with van der Waals surface area (Å²) in [6, 6.07) is 0.0606. The number of pyridine rings is 1. The fourth-order valence-corrected chi connectivity index (χ4v) is 0.753. The van der Waals surface area contributed by atoms with Crippen molar-refractivity contribution in [3.63, 3.8) is 0 Å². The summed E-state index contributed by atoms with van der Waals surface area (Å²) >= 11 is 0. The van der Waals surface area contributed by atoms with Gasteiger partial charge in [-0.2, -0.15) is 8.78 Å². The van der Waals surface area contributed by atoms with Crippen LogP contribution in [0, 0.1) is 21.9 Å². The molecule has 8 heteroatoms. The lowest BCUT2D eigenvalue weighted by Crippen LogP contribution is -2.02. The molecule has 0 aliphatic heterocycles. The van der Waals surface area contributed by atoms with Crippen molar-refractivity contribution < 1.29 is 22.5 Å². The van der Waals surface area contributed by atoms with Crippen LogP contribution in [0.25, 0.3) is 0 Å². The number of halogens is 4. The monoisotopic (exact) mass is 210 g/mol. The number of hydrogen-bond acceptors (Lipinski definition) is 3. The van der Waals surface area contributed by atoms with Crippen LogP contribution in [-0.2, 0) is 0 Å². The minimum Gasteiger partial charge on any atom is -0.358 e. The van der Waals surface area contributed by atoms with E-state index in [2.05, 4.69) is 4.98 Å². The Balaban J connectivity index is 3.31. The highest BCUT2D eigenvalue weighted by Gasteiger charge is 2.26. The molecule has 1 aromatic rings. The third-order valence-corrected chi connectivity index (χ3v) is 1.35. The molecule has 0 aromatic carbocycles. The summed E-state index contributed by atoms with van der Waals surface area (Å²) in [4.78, 5) is 11.2. The van der Waals surface area contributed by atoms with Gasteiger partial charge in [-0.25, -0.2) is 8.78 Å². The fraction of sp³-hybridized carbons (Fsp3) is 0.167. The molecule has 0 saturated heterocycles. The first-order chi connectivity index (χ1) is 6.43. The Morgan fingerprint density at radius 3 is 2.43 bits per heavy atom. The SMILES string of the molecule is O=[N+]([O-])c1nc(F)c(C(F)F)cc1F. The van der Waals surface area contributed by atoms with Crippen LogP contribution in [0.15, 0.2) is 6.07 Å². The van der Waals surface area contributed by atoms with Gasteiger partial charge in [0.1, 0.15) is 5.56 Å². The Bertz CT molecular complexity index is 382. The fourth-order valence-electron chi connectivity index (χ4n) is 0.753. The van der Waals surface area contributed by atoms with Gasteiger partial charge in [0.15, 0.2) is 0 Å². The Kier molecular flexibility index (Phi) is 2.63.